The molecule has 0 radical (unpaired) electrons. The number of ether oxygens (including phenoxy) is 1. The van der Waals surface area contributed by atoms with Gasteiger partial charge in [0.05, 0.1) is 7.11 Å². The number of aromatic nitrogens is 1. The van der Waals surface area contributed by atoms with Gasteiger partial charge < -0.3 is 19.4 Å². The highest BCUT2D eigenvalue weighted by atomic mass is 16.5. The summed E-state index contributed by atoms with van der Waals surface area (Å²) in [5.74, 6) is -1.52. The summed E-state index contributed by atoms with van der Waals surface area (Å²) in [6.07, 6.45) is 0.459. The molecule has 0 atom stereocenters. The molecule has 0 spiro atoms. The molecule has 0 aliphatic heterocycles. The van der Waals surface area contributed by atoms with Gasteiger partial charge in [-0.25, -0.2) is 14.6 Å². The summed E-state index contributed by atoms with van der Waals surface area (Å²) in [7, 11) is 1.58. The van der Waals surface area contributed by atoms with Crippen LogP contribution in [0.25, 0.3) is 11.1 Å². The van der Waals surface area contributed by atoms with Crippen LogP contribution in [0, 0.1) is 0 Å². The fourth-order valence-electron chi connectivity index (χ4n) is 2.34. The molecule has 0 saturated carbocycles. The Kier molecular flexibility index (Phi) is 3.91. The van der Waals surface area contributed by atoms with Gasteiger partial charge in [-0.05, 0) is 29.8 Å². The molecule has 122 valence electrons. The Morgan fingerprint density at radius 3 is 2.54 bits per heavy atom. The van der Waals surface area contributed by atoms with E-state index >= 15 is 0 Å². The molecule has 0 aliphatic carbocycles. The molecule has 24 heavy (non-hydrogen) atoms. The number of benzene rings is 1. The lowest BCUT2D eigenvalue weighted by Gasteiger charge is -2.06. The molecule has 7 heteroatoms. The third-order valence-electron chi connectivity index (χ3n) is 3.54. The molecule has 1 aromatic carbocycles. The molecule has 0 fully saturated rings. The van der Waals surface area contributed by atoms with Crippen molar-refractivity contribution in [2.75, 3.05) is 7.11 Å². The van der Waals surface area contributed by atoms with E-state index in [1.807, 2.05) is 24.3 Å². The molecular weight excluding hydrogens is 314 g/mol. The van der Waals surface area contributed by atoms with Gasteiger partial charge in [0.2, 0.25) is 0 Å². The molecule has 2 N–H and O–H groups in total. The number of nitrogens with zero attached hydrogens (tertiary/aromatic N) is 1. The lowest BCUT2D eigenvalue weighted by atomic mass is 10.1. The molecule has 2 heterocycles. The second-order valence-electron chi connectivity index (χ2n) is 5.09. The smallest absolute Gasteiger partial charge is 0.355 e. The molecule has 3 rings (SSSR count). The summed E-state index contributed by atoms with van der Waals surface area (Å²) in [6, 6.07) is 10.5. The van der Waals surface area contributed by atoms with Crippen molar-refractivity contribution < 1.29 is 24.2 Å². The fraction of sp³-hybridized carbons (Fsp3) is 0.118. The quantitative estimate of drug-likeness (QED) is 0.755. The Morgan fingerprint density at radius 2 is 1.92 bits per heavy atom. The maximum absolute atomic E-state index is 11.6. The van der Waals surface area contributed by atoms with Crippen molar-refractivity contribution >= 4 is 17.1 Å². The summed E-state index contributed by atoms with van der Waals surface area (Å²) < 4.78 is 9.99. The highest BCUT2D eigenvalue weighted by molar-refractivity contribution is 5.96. The largest absolute Gasteiger partial charge is 0.505 e. The number of hydrogen-bond donors (Lipinski definition) is 2. The van der Waals surface area contributed by atoms with E-state index in [-0.39, 0.29) is 11.1 Å². The van der Waals surface area contributed by atoms with Crippen LogP contribution in [0.1, 0.15) is 21.6 Å². The summed E-state index contributed by atoms with van der Waals surface area (Å²) in [5, 5.41) is 19.0. The van der Waals surface area contributed by atoms with Gasteiger partial charge in [0.1, 0.15) is 11.3 Å². The first-order chi connectivity index (χ1) is 11.5. The highest BCUT2D eigenvalue weighted by Crippen LogP contribution is 2.25. The Morgan fingerprint density at radius 1 is 1.21 bits per heavy atom. The molecule has 0 aliphatic rings. The molecular formula is C17H13NO6. The zero-order valence-electron chi connectivity index (χ0n) is 12.6. The number of methoxy groups -OCH3 is 1. The summed E-state index contributed by atoms with van der Waals surface area (Å²) in [4.78, 5) is 26.9. The van der Waals surface area contributed by atoms with Crippen molar-refractivity contribution in [1.29, 1.82) is 0 Å². The zero-order valence-corrected chi connectivity index (χ0v) is 12.6. The van der Waals surface area contributed by atoms with Gasteiger partial charge in [-0.2, -0.15) is 0 Å². The van der Waals surface area contributed by atoms with Gasteiger partial charge in [-0.1, -0.05) is 12.1 Å². The maximum atomic E-state index is 11.6. The Labute approximate surface area is 135 Å². The minimum Gasteiger partial charge on any atom is -0.505 e. The summed E-state index contributed by atoms with van der Waals surface area (Å²) in [6.45, 7) is 0. The average Bonchev–Trinajstić information content (AvgIpc) is 2.56. The van der Waals surface area contributed by atoms with Crippen LogP contribution in [0.4, 0.5) is 0 Å². The van der Waals surface area contributed by atoms with Gasteiger partial charge in [0.25, 0.3) is 0 Å². The minimum atomic E-state index is -1.56. The zero-order chi connectivity index (χ0) is 17.3. The molecule has 0 bridgehead atoms. The van der Waals surface area contributed by atoms with E-state index in [1.165, 1.54) is 6.07 Å². The van der Waals surface area contributed by atoms with Crippen molar-refractivity contribution in [3.8, 4) is 11.5 Å². The number of aromatic hydroxyl groups is 1. The van der Waals surface area contributed by atoms with Crippen molar-refractivity contribution in [2.45, 2.75) is 6.42 Å². The molecule has 7 nitrogen and oxygen atoms in total. The van der Waals surface area contributed by atoms with E-state index in [0.29, 0.717) is 12.1 Å². The Bertz CT molecular complexity index is 975. The first-order valence-electron chi connectivity index (χ1n) is 7.01. The van der Waals surface area contributed by atoms with Crippen LogP contribution in [0.5, 0.6) is 11.5 Å². The SMILES string of the molecule is COc1ccc(Cc2ccc3oc(=O)c(C(=O)O)c(O)c3n2)cc1. The van der Waals surface area contributed by atoms with E-state index in [2.05, 4.69) is 4.98 Å². The van der Waals surface area contributed by atoms with Crippen molar-refractivity contribution in [3.05, 3.63) is 63.6 Å². The van der Waals surface area contributed by atoms with Crippen LogP contribution in [0.3, 0.4) is 0 Å². The van der Waals surface area contributed by atoms with E-state index in [9.17, 15) is 14.7 Å². The van der Waals surface area contributed by atoms with Crippen LogP contribution >= 0.6 is 0 Å². The maximum Gasteiger partial charge on any atom is 0.355 e. The second kappa shape index (κ2) is 6.04. The van der Waals surface area contributed by atoms with Crippen LogP contribution < -0.4 is 10.4 Å². The molecule has 0 saturated heterocycles. The number of carboxylic acid groups (broad SMARTS) is 1. The minimum absolute atomic E-state index is 0.0287. The van der Waals surface area contributed by atoms with Crippen LogP contribution in [0.15, 0.2) is 45.6 Å². The molecule has 2 aromatic heterocycles. The normalized spacial score (nSPS) is 10.7. The third kappa shape index (κ3) is 2.79. The number of pyridine rings is 1. The highest BCUT2D eigenvalue weighted by Gasteiger charge is 2.21. The number of fused-ring (bicyclic) bond motifs is 1. The standard InChI is InChI=1S/C17H13NO6/c1-23-11-5-2-9(3-6-11)8-10-4-7-12-14(18-10)15(19)13(16(20)21)17(22)24-12/h2-7,19H,8H2,1H3,(H,20,21). The van der Waals surface area contributed by atoms with Gasteiger partial charge in [0, 0.05) is 12.1 Å². The van der Waals surface area contributed by atoms with E-state index in [1.54, 1.807) is 13.2 Å². The summed E-state index contributed by atoms with van der Waals surface area (Å²) in [5.41, 5.74) is -0.418. The van der Waals surface area contributed by atoms with Crippen molar-refractivity contribution in [3.63, 3.8) is 0 Å². The van der Waals surface area contributed by atoms with Crippen LogP contribution in [0.2, 0.25) is 0 Å². The second-order valence-corrected chi connectivity index (χ2v) is 5.09. The lowest BCUT2D eigenvalue weighted by Crippen LogP contribution is -2.14. The lowest BCUT2D eigenvalue weighted by molar-refractivity contribution is 0.0689. The topological polar surface area (TPSA) is 110 Å². The third-order valence-corrected chi connectivity index (χ3v) is 3.54. The monoisotopic (exact) mass is 327 g/mol. The molecule has 3 aromatic rings. The predicted octanol–water partition coefficient (Wildman–Crippen LogP) is 2.19. The van der Waals surface area contributed by atoms with E-state index in [4.69, 9.17) is 14.3 Å². The fourth-order valence-corrected chi connectivity index (χ4v) is 2.34. The first kappa shape index (κ1) is 15.5. The van der Waals surface area contributed by atoms with Crippen molar-refractivity contribution in [2.24, 2.45) is 0 Å². The van der Waals surface area contributed by atoms with Crippen LogP contribution in [-0.4, -0.2) is 28.3 Å². The summed E-state index contributed by atoms with van der Waals surface area (Å²) >= 11 is 0. The molecule has 0 unspecified atom stereocenters. The first-order valence-corrected chi connectivity index (χ1v) is 7.01. The van der Waals surface area contributed by atoms with Gasteiger partial charge in [-0.3, -0.25) is 0 Å². The van der Waals surface area contributed by atoms with Crippen molar-refractivity contribution in [1.82, 2.24) is 4.98 Å². The van der Waals surface area contributed by atoms with E-state index < -0.39 is 22.9 Å². The van der Waals surface area contributed by atoms with Gasteiger partial charge >= 0.3 is 11.6 Å². The predicted molar refractivity (Wildman–Crippen MR) is 84.7 cm³/mol. The number of carbonyl (C=O) groups is 1. The number of aromatic carboxylic acids is 1. The van der Waals surface area contributed by atoms with E-state index in [0.717, 1.165) is 11.3 Å². The molecule has 0 amide bonds. The van der Waals surface area contributed by atoms with Crippen LogP contribution in [-0.2, 0) is 6.42 Å². The Balaban J connectivity index is 2.03. The number of carboxylic acids is 1. The van der Waals surface area contributed by atoms with Gasteiger partial charge in [0.15, 0.2) is 16.9 Å². The van der Waals surface area contributed by atoms with Gasteiger partial charge in [-0.15, -0.1) is 0 Å². The number of hydrogen-bond acceptors (Lipinski definition) is 6. The average molecular weight is 327 g/mol. The number of rotatable bonds is 4. The Hall–Kier alpha value is -3.35.